The predicted octanol–water partition coefficient (Wildman–Crippen LogP) is 4.96. The van der Waals surface area contributed by atoms with Gasteiger partial charge in [0.2, 0.25) is 0 Å². The van der Waals surface area contributed by atoms with E-state index in [1.807, 2.05) is 0 Å². The maximum absolute atomic E-state index is 14.2. The molecule has 0 spiro atoms. The minimum absolute atomic E-state index is 0. The van der Waals surface area contributed by atoms with Crippen molar-refractivity contribution in [2.75, 3.05) is 20.2 Å². The molecule has 0 saturated carbocycles. The van der Waals surface area contributed by atoms with Gasteiger partial charge in [0.05, 0.1) is 7.11 Å². The molecule has 4 heterocycles. The van der Waals surface area contributed by atoms with E-state index < -0.39 is 23.6 Å². The molecule has 0 amide bonds. The number of aromatic nitrogens is 4. The predicted molar refractivity (Wildman–Crippen MR) is 132 cm³/mol. The SMILES string of the molecule is COc1cc(F)cc2ccc(-c3nnc4ccc([C@@H](N5CC[C@](C)(N)C5)C(F)(F)F)cn34)nc12.Cl.Cl. The largest absolute Gasteiger partial charge is 0.494 e. The van der Waals surface area contributed by atoms with Crippen molar-refractivity contribution in [2.45, 2.75) is 31.1 Å². The van der Waals surface area contributed by atoms with Gasteiger partial charge in [0.25, 0.3) is 0 Å². The lowest BCUT2D eigenvalue weighted by molar-refractivity contribution is -0.184. The third-order valence-electron chi connectivity index (χ3n) is 6.12. The van der Waals surface area contributed by atoms with Crippen molar-refractivity contribution in [2.24, 2.45) is 5.73 Å². The molecule has 36 heavy (non-hydrogen) atoms. The van der Waals surface area contributed by atoms with Gasteiger partial charge in [0.15, 0.2) is 11.5 Å². The van der Waals surface area contributed by atoms with E-state index in [4.69, 9.17) is 10.5 Å². The number of nitrogens with zero attached hydrogens (tertiary/aromatic N) is 5. The summed E-state index contributed by atoms with van der Waals surface area (Å²) in [5.41, 5.74) is 6.62. The molecule has 2 atom stereocenters. The van der Waals surface area contributed by atoms with Gasteiger partial charge in [-0.1, -0.05) is 12.1 Å². The number of benzene rings is 1. The van der Waals surface area contributed by atoms with Gasteiger partial charge in [-0.15, -0.1) is 35.0 Å². The first kappa shape index (κ1) is 27.9. The fourth-order valence-corrected chi connectivity index (χ4v) is 4.54. The maximum atomic E-state index is 14.2. The molecule has 5 rings (SSSR count). The summed E-state index contributed by atoms with van der Waals surface area (Å²) >= 11 is 0. The third kappa shape index (κ3) is 5.06. The van der Waals surface area contributed by atoms with Crippen LogP contribution >= 0.6 is 24.8 Å². The zero-order valence-corrected chi connectivity index (χ0v) is 20.9. The van der Waals surface area contributed by atoms with E-state index in [-0.39, 0.29) is 55.0 Å². The molecule has 1 aromatic carbocycles. The lowest BCUT2D eigenvalue weighted by Gasteiger charge is -2.31. The number of likely N-dealkylation sites (tertiary alicyclic amines) is 1. The summed E-state index contributed by atoms with van der Waals surface area (Å²) in [4.78, 5) is 5.90. The minimum atomic E-state index is -4.50. The molecule has 0 unspecified atom stereocenters. The van der Waals surface area contributed by atoms with E-state index in [9.17, 15) is 17.6 Å². The van der Waals surface area contributed by atoms with E-state index in [2.05, 4.69) is 15.2 Å². The van der Waals surface area contributed by atoms with Gasteiger partial charge in [-0.2, -0.15) is 13.2 Å². The Labute approximate surface area is 216 Å². The summed E-state index contributed by atoms with van der Waals surface area (Å²) < 4.78 is 63.1. The molecule has 13 heteroatoms. The van der Waals surface area contributed by atoms with Crippen LogP contribution < -0.4 is 10.5 Å². The number of fused-ring (bicyclic) bond motifs is 2. The molecule has 194 valence electrons. The summed E-state index contributed by atoms with van der Waals surface area (Å²) in [6.07, 6.45) is -2.63. The fraction of sp³-hybridized carbons (Fsp3) is 0.348. The van der Waals surface area contributed by atoms with Crippen molar-refractivity contribution in [1.82, 2.24) is 24.5 Å². The molecule has 1 aliphatic heterocycles. The number of hydrogen-bond donors (Lipinski definition) is 1. The monoisotopic (exact) mass is 546 g/mol. The topological polar surface area (TPSA) is 81.6 Å². The smallest absolute Gasteiger partial charge is 0.408 e. The lowest BCUT2D eigenvalue weighted by atomic mass is 10.0. The first-order valence-corrected chi connectivity index (χ1v) is 10.6. The van der Waals surface area contributed by atoms with Crippen molar-refractivity contribution in [3.63, 3.8) is 0 Å². The molecule has 0 aliphatic carbocycles. The van der Waals surface area contributed by atoms with Crippen molar-refractivity contribution in [3.05, 3.63) is 54.0 Å². The summed E-state index contributed by atoms with van der Waals surface area (Å²) in [6, 6.07) is 6.91. The van der Waals surface area contributed by atoms with Crippen molar-refractivity contribution in [1.29, 1.82) is 0 Å². The standard InChI is InChI=1S/C23H22F4N6O.2ClH/c1-22(28)7-8-32(12-22)20(23(25,26)27)14-4-6-18-30-31-21(33(18)11-14)16-5-3-13-9-15(24)10-17(34-2)19(13)29-16;;/h3-6,9-11,20H,7-8,12,28H2,1-2H3;2*1H/t20-,22+;;/m1../s1. The Morgan fingerprint density at radius 1 is 1.11 bits per heavy atom. The van der Waals surface area contributed by atoms with Crippen LogP contribution in [0.5, 0.6) is 5.75 Å². The highest BCUT2D eigenvalue weighted by Crippen LogP contribution is 2.41. The van der Waals surface area contributed by atoms with Gasteiger partial charge in [-0.05, 0) is 37.1 Å². The fourth-order valence-electron chi connectivity index (χ4n) is 4.54. The zero-order valence-electron chi connectivity index (χ0n) is 19.3. The average molecular weight is 547 g/mol. The van der Waals surface area contributed by atoms with Crippen LogP contribution in [0.3, 0.4) is 0 Å². The number of rotatable bonds is 4. The summed E-state index contributed by atoms with van der Waals surface area (Å²) in [5.74, 6) is 0.0312. The van der Waals surface area contributed by atoms with Crippen LogP contribution in [0.4, 0.5) is 17.6 Å². The van der Waals surface area contributed by atoms with E-state index in [1.165, 1.54) is 46.9 Å². The molecule has 1 saturated heterocycles. The summed E-state index contributed by atoms with van der Waals surface area (Å²) in [7, 11) is 1.41. The Morgan fingerprint density at radius 3 is 2.50 bits per heavy atom. The Bertz CT molecular complexity index is 1390. The van der Waals surface area contributed by atoms with Gasteiger partial charge >= 0.3 is 6.18 Å². The second-order valence-corrected chi connectivity index (χ2v) is 8.91. The highest BCUT2D eigenvalue weighted by Gasteiger charge is 2.48. The Balaban J connectivity index is 0.00000180. The highest BCUT2D eigenvalue weighted by molar-refractivity contribution is 5.86. The number of pyridine rings is 2. The van der Waals surface area contributed by atoms with Crippen molar-refractivity contribution < 1.29 is 22.3 Å². The van der Waals surface area contributed by atoms with Crippen molar-refractivity contribution in [3.8, 4) is 17.3 Å². The van der Waals surface area contributed by atoms with Crippen LogP contribution in [0.15, 0.2) is 42.6 Å². The van der Waals surface area contributed by atoms with Crippen LogP contribution in [0.2, 0.25) is 0 Å². The Morgan fingerprint density at radius 2 is 1.86 bits per heavy atom. The lowest BCUT2D eigenvalue weighted by Crippen LogP contribution is -2.43. The third-order valence-corrected chi connectivity index (χ3v) is 6.12. The van der Waals surface area contributed by atoms with Gasteiger partial charge in [0, 0.05) is 36.3 Å². The first-order valence-electron chi connectivity index (χ1n) is 10.6. The Kier molecular flexibility index (Phi) is 7.71. The van der Waals surface area contributed by atoms with Gasteiger partial charge in [-0.3, -0.25) is 9.30 Å². The van der Waals surface area contributed by atoms with Gasteiger partial charge in [0.1, 0.15) is 28.8 Å². The summed E-state index contributed by atoms with van der Waals surface area (Å²) in [6.45, 7) is 2.13. The van der Waals surface area contributed by atoms with Crippen molar-refractivity contribution >= 4 is 41.4 Å². The number of hydrogen-bond acceptors (Lipinski definition) is 6. The number of halogens is 6. The number of ether oxygens (including phenoxy) is 1. The molecular weight excluding hydrogens is 523 g/mol. The van der Waals surface area contributed by atoms with E-state index >= 15 is 0 Å². The van der Waals surface area contributed by atoms with Crippen LogP contribution in [-0.4, -0.2) is 56.4 Å². The molecule has 0 radical (unpaired) electrons. The van der Waals surface area contributed by atoms with E-state index in [1.54, 1.807) is 19.1 Å². The first-order chi connectivity index (χ1) is 16.1. The second kappa shape index (κ2) is 9.97. The van der Waals surface area contributed by atoms with Crippen LogP contribution in [0.1, 0.15) is 24.9 Å². The normalized spacial score (nSPS) is 19.2. The van der Waals surface area contributed by atoms with Gasteiger partial charge in [-0.25, -0.2) is 9.37 Å². The van der Waals surface area contributed by atoms with Crippen LogP contribution in [0, 0.1) is 5.82 Å². The zero-order chi connectivity index (χ0) is 24.3. The Hall–Kier alpha value is -2.73. The van der Waals surface area contributed by atoms with Crippen LogP contribution in [0.25, 0.3) is 28.1 Å². The highest BCUT2D eigenvalue weighted by atomic mass is 35.5. The second-order valence-electron chi connectivity index (χ2n) is 8.91. The molecule has 2 N–H and O–H groups in total. The molecule has 4 aromatic rings. The molecule has 3 aromatic heterocycles. The molecular formula is C23H24Cl2F4N6O. The molecule has 0 bridgehead atoms. The average Bonchev–Trinajstić information content (AvgIpc) is 3.34. The maximum Gasteiger partial charge on any atom is 0.408 e. The quantitative estimate of drug-likeness (QED) is 0.364. The number of methoxy groups -OCH3 is 1. The van der Waals surface area contributed by atoms with Gasteiger partial charge < -0.3 is 10.5 Å². The van der Waals surface area contributed by atoms with E-state index in [0.717, 1.165) is 0 Å². The number of nitrogens with two attached hydrogens (primary N) is 1. The molecule has 1 fully saturated rings. The summed E-state index contributed by atoms with van der Waals surface area (Å²) in [5, 5.41) is 8.75. The van der Waals surface area contributed by atoms with E-state index in [0.29, 0.717) is 28.7 Å². The number of alkyl halides is 3. The minimum Gasteiger partial charge on any atom is -0.494 e. The molecule has 1 aliphatic rings. The molecule has 7 nitrogen and oxygen atoms in total. The van der Waals surface area contributed by atoms with Crippen LogP contribution in [-0.2, 0) is 0 Å².